The molecule has 3 rings (SSSR count). The molecule has 0 unspecified atom stereocenters. The fraction of sp³-hybridized carbons (Fsp3) is 0.471. The first-order chi connectivity index (χ1) is 11.2. The minimum Gasteiger partial charge on any atom is -0.497 e. The van der Waals surface area contributed by atoms with Crippen molar-refractivity contribution in [1.82, 2.24) is 0 Å². The molecule has 1 aliphatic rings. The van der Waals surface area contributed by atoms with E-state index in [4.69, 9.17) is 18.6 Å². The number of benzene rings is 1. The lowest BCUT2D eigenvalue weighted by molar-refractivity contribution is -0.922. The Hall–Kier alpha value is -2.05. The van der Waals surface area contributed by atoms with Crippen LogP contribution in [0.25, 0.3) is 11.0 Å². The lowest BCUT2D eigenvalue weighted by Crippen LogP contribution is -3.12. The largest absolute Gasteiger partial charge is 0.497 e. The van der Waals surface area contributed by atoms with Gasteiger partial charge in [0.1, 0.15) is 36.5 Å². The van der Waals surface area contributed by atoms with E-state index in [9.17, 15) is 4.79 Å². The number of carbonyl (C=O) groups excluding carboxylic acids is 1. The van der Waals surface area contributed by atoms with Crippen molar-refractivity contribution in [2.24, 2.45) is 0 Å². The Labute approximate surface area is 134 Å². The highest BCUT2D eigenvalue weighted by Gasteiger charge is 2.26. The van der Waals surface area contributed by atoms with E-state index in [0.29, 0.717) is 35.8 Å². The molecule has 1 aromatic heterocycles. The highest BCUT2D eigenvalue weighted by molar-refractivity contribution is 6.04. The van der Waals surface area contributed by atoms with Crippen molar-refractivity contribution < 1.29 is 28.3 Å². The number of rotatable bonds is 5. The predicted octanol–water partition coefficient (Wildman–Crippen LogP) is 1.03. The molecule has 23 heavy (non-hydrogen) atoms. The standard InChI is InChI=1S/C17H21NO5/c1-3-22-17(19)16-13-10-12(20-2)4-5-14(13)23-15(16)11-18-6-8-21-9-7-18/h4-5,10H,3,6-9,11H2,1-2H3/p+1. The summed E-state index contributed by atoms with van der Waals surface area (Å²) < 4.78 is 21.8. The van der Waals surface area contributed by atoms with Crippen LogP contribution in [0.4, 0.5) is 0 Å². The minimum absolute atomic E-state index is 0.333. The highest BCUT2D eigenvalue weighted by atomic mass is 16.5. The second-order valence-electron chi connectivity index (χ2n) is 5.52. The van der Waals surface area contributed by atoms with Gasteiger partial charge in [-0.1, -0.05) is 0 Å². The Balaban J connectivity index is 2.00. The number of carbonyl (C=O) groups is 1. The number of nitrogens with one attached hydrogen (secondary N) is 1. The van der Waals surface area contributed by atoms with E-state index in [-0.39, 0.29) is 5.97 Å². The number of ether oxygens (including phenoxy) is 3. The molecular weight excluding hydrogens is 298 g/mol. The van der Waals surface area contributed by atoms with E-state index >= 15 is 0 Å². The quantitative estimate of drug-likeness (QED) is 0.834. The molecule has 124 valence electrons. The van der Waals surface area contributed by atoms with Gasteiger partial charge in [0.05, 0.1) is 26.9 Å². The number of morpholine rings is 1. The molecule has 2 aromatic rings. The van der Waals surface area contributed by atoms with Gasteiger partial charge in [-0.2, -0.15) is 0 Å². The van der Waals surface area contributed by atoms with E-state index in [0.717, 1.165) is 31.7 Å². The minimum atomic E-state index is -0.345. The van der Waals surface area contributed by atoms with Crippen molar-refractivity contribution in [1.29, 1.82) is 0 Å². The Morgan fingerprint density at radius 3 is 2.78 bits per heavy atom. The lowest BCUT2D eigenvalue weighted by Gasteiger charge is -2.23. The van der Waals surface area contributed by atoms with Crippen molar-refractivity contribution in [3.05, 3.63) is 29.5 Å². The molecule has 0 amide bonds. The summed E-state index contributed by atoms with van der Waals surface area (Å²) in [5, 5.41) is 0.741. The van der Waals surface area contributed by atoms with Gasteiger partial charge in [-0.3, -0.25) is 0 Å². The molecule has 1 N–H and O–H groups in total. The smallest absolute Gasteiger partial charge is 0.342 e. The number of hydrogen-bond donors (Lipinski definition) is 1. The summed E-state index contributed by atoms with van der Waals surface area (Å²) >= 11 is 0. The van der Waals surface area contributed by atoms with Crippen molar-refractivity contribution >= 4 is 16.9 Å². The number of esters is 1. The summed E-state index contributed by atoms with van der Waals surface area (Å²) in [5.74, 6) is 1.01. The Kier molecular flexibility index (Phi) is 4.83. The van der Waals surface area contributed by atoms with Crippen LogP contribution in [0.1, 0.15) is 23.0 Å². The Morgan fingerprint density at radius 1 is 1.30 bits per heavy atom. The first kappa shape index (κ1) is 15.8. The maximum atomic E-state index is 12.4. The molecule has 6 heteroatoms. The third kappa shape index (κ3) is 3.33. The fourth-order valence-electron chi connectivity index (χ4n) is 2.87. The van der Waals surface area contributed by atoms with Crippen LogP contribution in [0.15, 0.2) is 22.6 Å². The summed E-state index contributed by atoms with van der Waals surface area (Å²) in [6.45, 7) is 6.06. The molecule has 1 saturated heterocycles. The van der Waals surface area contributed by atoms with E-state index in [2.05, 4.69) is 0 Å². The number of methoxy groups -OCH3 is 1. The first-order valence-electron chi connectivity index (χ1n) is 7.90. The molecule has 1 fully saturated rings. The number of hydrogen-bond acceptors (Lipinski definition) is 5. The van der Waals surface area contributed by atoms with Crippen molar-refractivity contribution in [2.45, 2.75) is 13.5 Å². The van der Waals surface area contributed by atoms with Crippen LogP contribution in [0.3, 0.4) is 0 Å². The van der Waals surface area contributed by atoms with Crippen molar-refractivity contribution in [3.8, 4) is 5.75 Å². The van der Waals surface area contributed by atoms with E-state index in [1.807, 2.05) is 18.2 Å². The van der Waals surface area contributed by atoms with Gasteiger partial charge >= 0.3 is 5.97 Å². The molecule has 2 heterocycles. The molecule has 1 aromatic carbocycles. The highest BCUT2D eigenvalue weighted by Crippen LogP contribution is 2.29. The van der Waals surface area contributed by atoms with Gasteiger partial charge in [-0.15, -0.1) is 0 Å². The molecule has 6 nitrogen and oxygen atoms in total. The Bertz CT molecular complexity index is 688. The van der Waals surface area contributed by atoms with E-state index in [1.54, 1.807) is 14.0 Å². The summed E-state index contributed by atoms with van der Waals surface area (Å²) in [6.07, 6.45) is 0. The summed E-state index contributed by atoms with van der Waals surface area (Å²) in [6, 6.07) is 5.48. The second kappa shape index (κ2) is 7.02. The average molecular weight is 320 g/mol. The van der Waals surface area contributed by atoms with Crippen molar-refractivity contribution in [3.63, 3.8) is 0 Å². The van der Waals surface area contributed by atoms with Crippen LogP contribution in [-0.4, -0.2) is 46.0 Å². The SMILES string of the molecule is CCOC(=O)c1c(C[NH+]2CCOCC2)oc2ccc(OC)cc12. The van der Waals surface area contributed by atoms with Gasteiger partial charge < -0.3 is 23.5 Å². The maximum absolute atomic E-state index is 12.4. The van der Waals surface area contributed by atoms with Crippen LogP contribution in [0, 0.1) is 0 Å². The van der Waals surface area contributed by atoms with Crippen LogP contribution in [-0.2, 0) is 16.0 Å². The van der Waals surface area contributed by atoms with Gasteiger partial charge in [0, 0.05) is 5.39 Å². The number of quaternary nitrogens is 1. The molecule has 0 atom stereocenters. The zero-order valence-corrected chi connectivity index (χ0v) is 13.5. The lowest BCUT2D eigenvalue weighted by atomic mass is 10.1. The summed E-state index contributed by atoms with van der Waals surface area (Å²) in [4.78, 5) is 13.8. The monoisotopic (exact) mass is 320 g/mol. The zero-order chi connectivity index (χ0) is 16.2. The van der Waals surface area contributed by atoms with Crippen LogP contribution in [0.5, 0.6) is 5.75 Å². The molecule has 0 saturated carbocycles. The van der Waals surface area contributed by atoms with Crippen LogP contribution in [0.2, 0.25) is 0 Å². The third-order valence-electron chi connectivity index (χ3n) is 4.06. The van der Waals surface area contributed by atoms with Crippen molar-refractivity contribution in [2.75, 3.05) is 40.0 Å². The molecule has 0 radical (unpaired) electrons. The zero-order valence-electron chi connectivity index (χ0n) is 13.5. The van der Waals surface area contributed by atoms with E-state index in [1.165, 1.54) is 4.90 Å². The number of fused-ring (bicyclic) bond motifs is 1. The summed E-state index contributed by atoms with van der Waals surface area (Å²) in [7, 11) is 1.60. The first-order valence-corrected chi connectivity index (χ1v) is 7.90. The molecular formula is C17H22NO5+. The average Bonchev–Trinajstić information content (AvgIpc) is 2.92. The van der Waals surface area contributed by atoms with Gasteiger partial charge in [-0.05, 0) is 25.1 Å². The van der Waals surface area contributed by atoms with Gasteiger partial charge in [0.2, 0.25) is 0 Å². The molecule has 0 spiro atoms. The Morgan fingerprint density at radius 2 is 2.09 bits per heavy atom. The number of furan rings is 1. The maximum Gasteiger partial charge on any atom is 0.342 e. The molecule has 0 aliphatic carbocycles. The fourth-order valence-corrected chi connectivity index (χ4v) is 2.87. The van der Waals surface area contributed by atoms with Gasteiger partial charge in [-0.25, -0.2) is 4.79 Å². The van der Waals surface area contributed by atoms with Gasteiger partial charge in [0.25, 0.3) is 0 Å². The van der Waals surface area contributed by atoms with Crippen LogP contribution < -0.4 is 9.64 Å². The topological polar surface area (TPSA) is 62.3 Å². The molecule has 1 aliphatic heterocycles. The predicted molar refractivity (Wildman–Crippen MR) is 83.9 cm³/mol. The van der Waals surface area contributed by atoms with E-state index < -0.39 is 0 Å². The third-order valence-corrected chi connectivity index (χ3v) is 4.06. The molecule has 0 bridgehead atoms. The van der Waals surface area contributed by atoms with Gasteiger partial charge in [0.15, 0.2) is 5.76 Å². The second-order valence-corrected chi connectivity index (χ2v) is 5.52. The summed E-state index contributed by atoms with van der Waals surface area (Å²) in [5.41, 5.74) is 1.19. The normalized spacial score (nSPS) is 15.7. The van der Waals surface area contributed by atoms with Crippen LogP contribution >= 0.6 is 0 Å².